The predicted octanol–water partition coefficient (Wildman–Crippen LogP) is 6.59. The Bertz CT molecular complexity index is 1890. The van der Waals surface area contributed by atoms with Gasteiger partial charge in [0.05, 0.1) is 15.9 Å². The molecule has 0 radical (unpaired) electrons. The van der Waals surface area contributed by atoms with Gasteiger partial charge in [-0.05, 0) is 71.1 Å². The van der Waals surface area contributed by atoms with Crippen molar-refractivity contribution in [1.82, 2.24) is 29.2 Å². The highest BCUT2D eigenvalue weighted by Crippen LogP contribution is 2.41. The molecule has 5 heterocycles. The van der Waals surface area contributed by atoms with Gasteiger partial charge < -0.3 is 24.3 Å². The summed E-state index contributed by atoms with van der Waals surface area (Å²) in [6, 6.07) is 3.34. The Morgan fingerprint density at radius 3 is 2.43 bits per heavy atom. The maximum Gasteiger partial charge on any atom is 0.407 e. The number of benzene rings is 1. The zero-order valence-corrected chi connectivity index (χ0v) is 30.9. The van der Waals surface area contributed by atoms with Crippen molar-refractivity contribution in [3.63, 3.8) is 0 Å². The van der Waals surface area contributed by atoms with E-state index in [1.807, 2.05) is 57.8 Å². The molecule has 254 valence electrons. The fourth-order valence-corrected chi connectivity index (χ4v) is 8.16. The number of carbonyl (C=O) groups excluding carboxylic acids is 1. The zero-order valence-electron chi connectivity index (χ0n) is 29.1. The molecule has 2 unspecified atom stereocenters. The van der Waals surface area contributed by atoms with Crippen LogP contribution in [-0.4, -0.2) is 68.4 Å². The molecule has 1 N–H and O–H groups in total. The summed E-state index contributed by atoms with van der Waals surface area (Å²) in [5.41, 5.74) is 3.22. The molecule has 2 bridgehead atoms. The first-order valence-electron chi connectivity index (χ1n) is 16.6. The minimum absolute atomic E-state index is 0.00219. The molecule has 0 aliphatic carbocycles. The molecule has 2 fully saturated rings. The Morgan fingerprint density at radius 2 is 1.79 bits per heavy atom. The molecule has 2 aliphatic rings. The van der Waals surface area contributed by atoms with Crippen molar-refractivity contribution in [2.45, 2.75) is 110 Å². The summed E-state index contributed by atoms with van der Waals surface area (Å²) in [6.45, 7) is 15.5. The molecule has 2 aliphatic heterocycles. The zero-order chi connectivity index (χ0) is 34.0. The Morgan fingerprint density at radius 1 is 1.11 bits per heavy atom. The van der Waals surface area contributed by atoms with Crippen molar-refractivity contribution in [2.75, 3.05) is 11.5 Å². The number of carbonyl (C=O) groups is 1. The molecular formula is C34H48ClN7O4Si. The number of alkyl carbamates (subject to hydrolysis) is 1. The normalized spacial score (nSPS) is 20.0. The van der Waals surface area contributed by atoms with Gasteiger partial charge >= 0.3 is 6.09 Å². The largest absolute Gasteiger partial charge is 0.444 e. The van der Waals surface area contributed by atoms with Crippen LogP contribution in [0, 0.1) is 6.92 Å². The van der Waals surface area contributed by atoms with Crippen LogP contribution in [0.3, 0.4) is 0 Å². The van der Waals surface area contributed by atoms with E-state index in [0.717, 1.165) is 59.3 Å². The number of amides is 1. The number of aromatic nitrogens is 5. The second-order valence-corrected chi connectivity index (χ2v) is 21.6. The van der Waals surface area contributed by atoms with Gasteiger partial charge in [0.2, 0.25) is 5.95 Å². The first kappa shape index (κ1) is 33.5. The third-order valence-corrected chi connectivity index (χ3v) is 11.4. The van der Waals surface area contributed by atoms with Gasteiger partial charge in [-0.25, -0.2) is 4.79 Å². The van der Waals surface area contributed by atoms with Crippen LogP contribution in [0.25, 0.3) is 33.1 Å². The third kappa shape index (κ3) is 6.69. The summed E-state index contributed by atoms with van der Waals surface area (Å²) in [6.07, 6.45) is 6.95. The lowest BCUT2D eigenvalue weighted by atomic mass is 9.97. The number of aryl methyl sites for hydroxylation is 2. The first-order chi connectivity index (χ1) is 22.0. The summed E-state index contributed by atoms with van der Waals surface area (Å²) in [5, 5.41) is 9.60. The van der Waals surface area contributed by atoms with Gasteiger partial charge in [-0.3, -0.25) is 14.0 Å². The van der Waals surface area contributed by atoms with Crippen molar-refractivity contribution in [1.29, 1.82) is 0 Å². The second kappa shape index (κ2) is 12.3. The van der Waals surface area contributed by atoms with E-state index in [2.05, 4.69) is 35.0 Å². The molecular weight excluding hydrogens is 634 g/mol. The Labute approximate surface area is 282 Å². The van der Waals surface area contributed by atoms with E-state index in [4.69, 9.17) is 26.1 Å². The van der Waals surface area contributed by atoms with E-state index in [1.165, 1.54) is 0 Å². The van der Waals surface area contributed by atoms with E-state index in [1.54, 1.807) is 16.3 Å². The third-order valence-electron chi connectivity index (χ3n) is 9.31. The highest BCUT2D eigenvalue weighted by Gasteiger charge is 2.43. The number of anilines is 1. The molecule has 1 amide bonds. The van der Waals surface area contributed by atoms with Gasteiger partial charge in [0.1, 0.15) is 12.3 Å². The minimum Gasteiger partial charge on any atom is -0.444 e. The number of hydrogen-bond acceptors (Lipinski definition) is 7. The first-order valence-corrected chi connectivity index (χ1v) is 20.7. The highest BCUT2D eigenvalue weighted by molar-refractivity contribution is 6.76. The topological polar surface area (TPSA) is 108 Å². The standard InChI is InChI=1S/C34H48ClN7O4Si/c1-20-14-24(28(35)26-17-39(5)38-29(20)26)25-18-41(19-45-12-13-47(7,8)9)30-27(25)31(43)40(6)32(37-30)42-22-10-11-23(42)16-21(15-22)36-33(44)46-34(2,3)4/h14,17-18,21-23H,10-13,15-16,19H2,1-9H3,(H,36,44). The van der Waals surface area contributed by atoms with Crippen LogP contribution in [0.4, 0.5) is 10.7 Å². The van der Waals surface area contributed by atoms with Crippen molar-refractivity contribution >= 4 is 53.7 Å². The summed E-state index contributed by atoms with van der Waals surface area (Å²) in [4.78, 5) is 34.5. The second-order valence-electron chi connectivity index (χ2n) is 15.6. The van der Waals surface area contributed by atoms with Crippen molar-refractivity contribution in [3.05, 3.63) is 39.4 Å². The van der Waals surface area contributed by atoms with Crippen molar-refractivity contribution in [2.24, 2.45) is 14.1 Å². The summed E-state index contributed by atoms with van der Waals surface area (Å²) >= 11 is 7.06. The number of ether oxygens (including phenoxy) is 2. The number of nitrogens with zero attached hydrogens (tertiary/aromatic N) is 6. The maximum absolute atomic E-state index is 14.4. The number of nitrogens with one attached hydrogen (secondary N) is 1. The van der Waals surface area contributed by atoms with Crippen molar-refractivity contribution in [3.8, 4) is 11.1 Å². The Kier molecular flexibility index (Phi) is 8.76. The molecule has 47 heavy (non-hydrogen) atoms. The lowest BCUT2D eigenvalue weighted by Gasteiger charge is -2.40. The molecule has 1 aromatic carbocycles. The highest BCUT2D eigenvalue weighted by atomic mass is 35.5. The molecule has 3 aromatic heterocycles. The fourth-order valence-electron chi connectivity index (χ4n) is 7.10. The van der Waals surface area contributed by atoms with E-state index in [9.17, 15) is 9.59 Å². The smallest absolute Gasteiger partial charge is 0.407 e. The van der Waals surface area contributed by atoms with Crippen molar-refractivity contribution < 1.29 is 14.3 Å². The van der Waals surface area contributed by atoms with Gasteiger partial charge in [0, 0.05) is 75.8 Å². The van der Waals surface area contributed by atoms with Gasteiger partial charge in [-0.2, -0.15) is 10.1 Å². The molecule has 4 aromatic rings. The van der Waals surface area contributed by atoms with E-state index in [-0.39, 0.29) is 36.5 Å². The minimum atomic E-state index is -1.29. The summed E-state index contributed by atoms with van der Waals surface area (Å²) in [5.74, 6) is 0.642. The van der Waals surface area contributed by atoms with Crippen LogP contribution < -0.4 is 15.8 Å². The molecule has 11 nitrogen and oxygen atoms in total. The maximum atomic E-state index is 14.4. The lowest BCUT2D eigenvalue weighted by Crippen LogP contribution is -2.52. The van der Waals surface area contributed by atoms with Crippen LogP contribution in [0.15, 0.2) is 23.3 Å². The van der Waals surface area contributed by atoms with Crippen LogP contribution in [0.5, 0.6) is 0 Å². The van der Waals surface area contributed by atoms with E-state index >= 15 is 0 Å². The number of fused-ring (bicyclic) bond motifs is 4. The molecule has 2 atom stereocenters. The van der Waals surface area contributed by atoms with E-state index in [0.29, 0.717) is 28.6 Å². The van der Waals surface area contributed by atoms with Gasteiger partial charge in [0.25, 0.3) is 5.56 Å². The summed E-state index contributed by atoms with van der Waals surface area (Å²) < 4.78 is 17.1. The predicted molar refractivity (Wildman–Crippen MR) is 190 cm³/mol. The SMILES string of the molecule is Cc1cc(-c2cn(COCC[Si](C)(C)C)c3nc(N4C5CCC4CC(NC(=O)OC(C)(C)C)C5)n(C)c(=O)c23)c(Cl)c2cn(C)nc12. The number of piperidine rings is 1. The van der Waals surface area contributed by atoms with E-state index < -0.39 is 13.7 Å². The van der Waals surface area contributed by atoms with Gasteiger partial charge in [-0.15, -0.1) is 0 Å². The van der Waals surface area contributed by atoms with Crippen LogP contribution in [0.2, 0.25) is 30.7 Å². The summed E-state index contributed by atoms with van der Waals surface area (Å²) in [7, 11) is 2.39. The average molecular weight is 682 g/mol. The van der Waals surface area contributed by atoms with Crippen LogP contribution in [0.1, 0.15) is 52.0 Å². The molecule has 6 rings (SSSR count). The molecule has 0 spiro atoms. The van der Waals surface area contributed by atoms with Crippen LogP contribution in [-0.2, 0) is 30.3 Å². The number of rotatable bonds is 8. The molecule has 0 saturated carbocycles. The van der Waals surface area contributed by atoms with Crippen LogP contribution >= 0.6 is 11.6 Å². The van der Waals surface area contributed by atoms with Gasteiger partial charge in [-0.1, -0.05) is 31.2 Å². The quantitative estimate of drug-likeness (QED) is 0.165. The Balaban J connectivity index is 1.40. The number of halogens is 1. The average Bonchev–Trinajstić information content (AvgIpc) is 3.60. The molecule has 13 heteroatoms. The van der Waals surface area contributed by atoms with Gasteiger partial charge in [0.15, 0.2) is 5.65 Å². The lowest BCUT2D eigenvalue weighted by molar-refractivity contribution is 0.0492. The fraction of sp³-hybridized carbons (Fsp3) is 0.588. The number of hydrogen-bond donors (Lipinski definition) is 1. The monoisotopic (exact) mass is 681 g/mol. The Hall–Kier alpha value is -3.35. The molecule has 2 saturated heterocycles.